The van der Waals surface area contributed by atoms with Gasteiger partial charge < -0.3 is 4.74 Å². The van der Waals surface area contributed by atoms with Crippen LogP contribution in [0.1, 0.15) is 18.1 Å². The lowest BCUT2D eigenvalue weighted by molar-refractivity contribution is -0.142. The van der Waals surface area contributed by atoms with Crippen LogP contribution < -0.4 is 0 Å². The Hall–Kier alpha value is -2.34. The van der Waals surface area contributed by atoms with Gasteiger partial charge in [0.1, 0.15) is 0 Å². The Morgan fingerprint density at radius 1 is 1.22 bits per heavy atom. The van der Waals surface area contributed by atoms with Gasteiger partial charge in [0.05, 0.1) is 24.7 Å². The second kappa shape index (κ2) is 5.33. The number of fused-ring (bicyclic) bond motifs is 1. The molecule has 0 radical (unpaired) electrons. The number of benzene rings is 2. The molecule has 0 aliphatic carbocycles. The van der Waals surface area contributed by atoms with Gasteiger partial charge in [-0.05, 0) is 35.4 Å². The maximum atomic E-state index is 11.4. The first-order chi connectivity index (χ1) is 8.72. The van der Waals surface area contributed by atoms with Crippen molar-refractivity contribution >= 4 is 16.7 Å². The number of ether oxygens (including phenoxy) is 1. The van der Waals surface area contributed by atoms with Crippen LogP contribution in [0.25, 0.3) is 10.8 Å². The van der Waals surface area contributed by atoms with Crippen LogP contribution in [-0.4, -0.2) is 12.6 Å². The molecular formula is C15H13NO2. The summed E-state index contributed by atoms with van der Waals surface area (Å²) in [5, 5.41) is 10.8. The number of nitrogens with zero attached hydrogens (tertiary/aromatic N) is 1. The van der Waals surface area contributed by atoms with Gasteiger partial charge in [0.25, 0.3) is 0 Å². The lowest BCUT2D eigenvalue weighted by Gasteiger charge is -2.04. The Morgan fingerprint density at radius 2 is 1.94 bits per heavy atom. The summed E-state index contributed by atoms with van der Waals surface area (Å²) >= 11 is 0. The van der Waals surface area contributed by atoms with Crippen LogP contribution in [0, 0.1) is 11.3 Å². The van der Waals surface area contributed by atoms with Crippen molar-refractivity contribution in [2.75, 3.05) is 6.61 Å². The summed E-state index contributed by atoms with van der Waals surface area (Å²) < 4.78 is 4.91. The average molecular weight is 239 g/mol. The number of hydrogen-bond donors (Lipinski definition) is 0. The SMILES string of the molecule is CCOC(=O)Cc1ccc2cc(C#N)ccc2c1. The molecule has 18 heavy (non-hydrogen) atoms. The molecule has 0 bridgehead atoms. The van der Waals surface area contributed by atoms with Crippen LogP contribution in [-0.2, 0) is 16.0 Å². The van der Waals surface area contributed by atoms with Gasteiger partial charge in [0.2, 0.25) is 0 Å². The molecule has 3 nitrogen and oxygen atoms in total. The highest BCUT2D eigenvalue weighted by atomic mass is 16.5. The Kier molecular flexibility index (Phi) is 3.59. The number of nitriles is 1. The van der Waals surface area contributed by atoms with E-state index >= 15 is 0 Å². The third-order valence-corrected chi connectivity index (χ3v) is 2.69. The predicted molar refractivity (Wildman–Crippen MR) is 69.0 cm³/mol. The van der Waals surface area contributed by atoms with E-state index in [2.05, 4.69) is 6.07 Å². The van der Waals surface area contributed by atoms with Gasteiger partial charge in [-0.25, -0.2) is 0 Å². The fourth-order valence-electron chi connectivity index (χ4n) is 1.85. The Labute approximate surface area is 106 Å². The molecule has 0 N–H and O–H groups in total. The van der Waals surface area contributed by atoms with Crippen molar-refractivity contribution < 1.29 is 9.53 Å². The maximum absolute atomic E-state index is 11.4. The van der Waals surface area contributed by atoms with E-state index in [-0.39, 0.29) is 12.4 Å². The number of esters is 1. The lowest BCUT2D eigenvalue weighted by atomic mass is 10.0. The summed E-state index contributed by atoms with van der Waals surface area (Å²) in [7, 11) is 0. The summed E-state index contributed by atoms with van der Waals surface area (Å²) in [4.78, 5) is 11.4. The van der Waals surface area contributed by atoms with Gasteiger partial charge in [-0.1, -0.05) is 24.3 Å². The van der Waals surface area contributed by atoms with E-state index in [1.165, 1.54) is 0 Å². The van der Waals surface area contributed by atoms with Crippen molar-refractivity contribution in [1.82, 2.24) is 0 Å². The van der Waals surface area contributed by atoms with Gasteiger partial charge in [-0.15, -0.1) is 0 Å². The minimum Gasteiger partial charge on any atom is -0.466 e. The van der Waals surface area contributed by atoms with Crippen LogP contribution in [0.3, 0.4) is 0 Å². The quantitative estimate of drug-likeness (QED) is 0.774. The molecule has 0 saturated heterocycles. The number of rotatable bonds is 3. The topological polar surface area (TPSA) is 50.1 Å². The zero-order chi connectivity index (χ0) is 13.0. The van der Waals surface area contributed by atoms with Gasteiger partial charge in [0, 0.05) is 0 Å². The van der Waals surface area contributed by atoms with Crippen LogP contribution in [0.15, 0.2) is 36.4 Å². The van der Waals surface area contributed by atoms with Crippen LogP contribution in [0.2, 0.25) is 0 Å². The molecule has 2 aromatic carbocycles. The normalized spacial score (nSPS) is 10.0. The zero-order valence-electron chi connectivity index (χ0n) is 10.1. The highest BCUT2D eigenvalue weighted by molar-refractivity contribution is 5.85. The van der Waals surface area contributed by atoms with E-state index in [0.717, 1.165) is 16.3 Å². The van der Waals surface area contributed by atoms with Crippen LogP contribution in [0.5, 0.6) is 0 Å². The van der Waals surface area contributed by atoms with Crippen LogP contribution >= 0.6 is 0 Å². The summed E-state index contributed by atoms with van der Waals surface area (Å²) in [5.41, 5.74) is 1.56. The van der Waals surface area contributed by atoms with Crippen molar-refractivity contribution in [2.45, 2.75) is 13.3 Å². The molecule has 0 aromatic heterocycles. The Balaban J connectivity index is 2.28. The van der Waals surface area contributed by atoms with Crippen molar-refractivity contribution in [3.05, 3.63) is 47.5 Å². The standard InChI is InChI=1S/C15H13NO2/c1-2-18-15(17)9-11-3-5-14-8-12(10-16)4-6-13(14)7-11/h3-8H,2,9H2,1H3. The Bertz CT molecular complexity index is 626. The smallest absolute Gasteiger partial charge is 0.310 e. The summed E-state index contributed by atoms with van der Waals surface area (Å²) in [5.74, 6) is -0.217. The van der Waals surface area contributed by atoms with Gasteiger partial charge in [-0.2, -0.15) is 5.26 Å². The van der Waals surface area contributed by atoms with Gasteiger partial charge in [-0.3, -0.25) is 4.79 Å². The maximum Gasteiger partial charge on any atom is 0.310 e. The van der Waals surface area contributed by atoms with Crippen molar-refractivity contribution in [3.8, 4) is 6.07 Å². The Morgan fingerprint density at radius 3 is 2.67 bits per heavy atom. The number of carbonyl (C=O) groups excluding carboxylic acids is 1. The van der Waals surface area contributed by atoms with E-state index in [4.69, 9.17) is 10.00 Å². The molecule has 90 valence electrons. The predicted octanol–water partition coefficient (Wildman–Crippen LogP) is 2.82. The molecule has 0 atom stereocenters. The third kappa shape index (κ3) is 2.67. The first kappa shape index (κ1) is 12.1. The molecule has 2 aromatic rings. The van der Waals surface area contributed by atoms with E-state index in [9.17, 15) is 4.79 Å². The van der Waals surface area contributed by atoms with Crippen LogP contribution in [0.4, 0.5) is 0 Å². The molecule has 0 spiro atoms. The zero-order valence-corrected chi connectivity index (χ0v) is 10.1. The second-order valence-electron chi connectivity index (χ2n) is 3.99. The van der Waals surface area contributed by atoms with E-state index < -0.39 is 0 Å². The van der Waals surface area contributed by atoms with Gasteiger partial charge >= 0.3 is 5.97 Å². The molecule has 0 heterocycles. The average Bonchev–Trinajstić information content (AvgIpc) is 2.38. The molecular weight excluding hydrogens is 226 g/mol. The summed E-state index contributed by atoms with van der Waals surface area (Å²) in [6, 6.07) is 13.4. The fourth-order valence-corrected chi connectivity index (χ4v) is 1.85. The minimum atomic E-state index is -0.217. The van der Waals surface area contributed by atoms with Gasteiger partial charge in [0.15, 0.2) is 0 Å². The molecule has 0 aliphatic rings. The summed E-state index contributed by atoms with van der Waals surface area (Å²) in [6.07, 6.45) is 0.282. The largest absolute Gasteiger partial charge is 0.466 e. The van der Waals surface area contributed by atoms with E-state index in [0.29, 0.717) is 12.2 Å². The minimum absolute atomic E-state index is 0.217. The molecule has 0 fully saturated rings. The molecule has 0 saturated carbocycles. The lowest BCUT2D eigenvalue weighted by Crippen LogP contribution is -2.07. The van der Waals surface area contributed by atoms with Crippen molar-refractivity contribution in [1.29, 1.82) is 5.26 Å². The highest BCUT2D eigenvalue weighted by Crippen LogP contribution is 2.18. The van der Waals surface area contributed by atoms with Crippen molar-refractivity contribution in [2.24, 2.45) is 0 Å². The van der Waals surface area contributed by atoms with E-state index in [1.54, 1.807) is 13.0 Å². The molecule has 0 amide bonds. The van der Waals surface area contributed by atoms with E-state index in [1.807, 2.05) is 30.3 Å². The first-order valence-electron chi connectivity index (χ1n) is 5.81. The third-order valence-electron chi connectivity index (χ3n) is 2.69. The monoisotopic (exact) mass is 239 g/mol. The fraction of sp³-hybridized carbons (Fsp3) is 0.200. The highest BCUT2D eigenvalue weighted by Gasteiger charge is 2.05. The second-order valence-corrected chi connectivity index (χ2v) is 3.99. The summed E-state index contributed by atoms with van der Waals surface area (Å²) in [6.45, 7) is 2.19. The molecule has 0 unspecified atom stereocenters. The molecule has 0 aliphatic heterocycles. The number of carbonyl (C=O) groups is 1. The number of hydrogen-bond acceptors (Lipinski definition) is 3. The molecule has 3 heteroatoms. The molecule has 2 rings (SSSR count). The first-order valence-corrected chi connectivity index (χ1v) is 5.81. The van der Waals surface area contributed by atoms with Crippen molar-refractivity contribution in [3.63, 3.8) is 0 Å².